The highest BCUT2D eigenvalue weighted by molar-refractivity contribution is 8.72. The molecule has 0 saturated heterocycles. The fraction of sp³-hybridized carbons (Fsp3) is 0.0909. The van der Waals surface area contributed by atoms with Crippen molar-refractivity contribution in [1.29, 1.82) is 0 Å². The van der Waals surface area contributed by atoms with E-state index in [2.05, 4.69) is 0 Å². The molecule has 2 rings (SSSR count). The second kappa shape index (κ2) is 4.47. The van der Waals surface area contributed by atoms with Crippen LogP contribution >= 0.6 is 10.8 Å². The number of hydrogen-bond donors (Lipinski definition) is 0. The average molecular weight is 292 g/mol. The molecule has 0 heterocycles. The normalized spacial score (nSPS) is 12.8. The smallest absolute Gasteiger partial charge is 0.208 e. The molecule has 0 aliphatic heterocycles. The molecule has 0 fully saturated rings. The zero-order valence-corrected chi connectivity index (χ0v) is 10.4. The van der Waals surface area contributed by atoms with Gasteiger partial charge in [0.15, 0.2) is 0 Å². The van der Waals surface area contributed by atoms with Crippen LogP contribution in [-0.4, -0.2) is 13.9 Å². The molecule has 0 saturated carbocycles. The molecule has 0 spiro atoms. The van der Waals surface area contributed by atoms with Gasteiger partial charge in [0.2, 0.25) is 0 Å². The van der Waals surface area contributed by atoms with Gasteiger partial charge in [0.25, 0.3) is 0 Å². The summed E-state index contributed by atoms with van der Waals surface area (Å²) in [6, 6.07) is 11.3. The van der Waals surface area contributed by atoms with E-state index in [1.54, 1.807) is 30.3 Å². The first-order chi connectivity index (χ1) is 8.31. The summed E-state index contributed by atoms with van der Waals surface area (Å²) in [5.74, 6) is 0. The summed E-state index contributed by atoms with van der Waals surface area (Å²) in [5.41, 5.74) is -5.26. The monoisotopic (exact) mass is 292 g/mol. The van der Waals surface area contributed by atoms with E-state index in [9.17, 15) is 21.6 Å². The van der Waals surface area contributed by atoms with Crippen LogP contribution in [0, 0.1) is 0 Å². The summed E-state index contributed by atoms with van der Waals surface area (Å²) >= 11 is 0. The van der Waals surface area contributed by atoms with Crippen LogP contribution in [-0.2, 0) is 8.87 Å². The molecule has 0 N–H and O–H groups in total. The van der Waals surface area contributed by atoms with E-state index in [4.69, 9.17) is 0 Å². The summed E-state index contributed by atoms with van der Waals surface area (Å²) in [6.07, 6.45) is 0. The lowest BCUT2D eigenvalue weighted by Gasteiger charge is -2.09. The molecular formula is C11H7F3O2S2. The van der Waals surface area contributed by atoms with Crippen LogP contribution in [0.4, 0.5) is 13.2 Å². The van der Waals surface area contributed by atoms with Crippen LogP contribution in [0.25, 0.3) is 10.8 Å². The highest BCUT2D eigenvalue weighted by Crippen LogP contribution is 2.39. The molecule has 0 amide bonds. The molecule has 0 bridgehead atoms. The minimum absolute atomic E-state index is 0.0745. The second-order valence-corrected chi connectivity index (χ2v) is 7.25. The molecule has 96 valence electrons. The molecule has 0 aliphatic rings. The average Bonchev–Trinajstić information content (AvgIpc) is 2.27. The number of alkyl halides is 3. The maximum absolute atomic E-state index is 12.3. The topological polar surface area (TPSA) is 34.1 Å². The molecule has 18 heavy (non-hydrogen) atoms. The van der Waals surface area contributed by atoms with Crippen molar-refractivity contribution >= 4 is 30.4 Å². The van der Waals surface area contributed by atoms with Gasteiger partial charge in [0.1, 0.15) is 0 Å². The van der Waals surface area contributed by atoms with Crippen molar-refractivity contribution in [3.05, 3.63) is 42.5 Å². The molecule has 0 atom stereocenters. The van der Waals surface area contributed by atoms with E-state index in [0.717, 1.165) is 0 Å². The molecule has 2 aromatic rings. The third kappa shape index (κ3) is 2.46. The maximum atomic E-state index is 12.3. The van der Waals surface area contributed by atoms with Gasteiger partial charge in [-0.05, 0) is 16.8 Å². The van der Waals surface area contributed by atoms with Crippen LogP contribution in [0.15, 0.2) is 47.4 Å². The highest BCUT2D eigenvalue weighted by atomic mass is 33.1. The Morgan fingerprint density at radius 3 is 2.22 bits per heavy atom. The molecule has 0 aliphatic carbocycles. The van der Waals surface area contributed by atoms with E-state index in [1.165, 1.54) is 12.1 Å². The zero-order chi connectivity index (χ0) is 13.4. The Hall–Kier alpha value is -1.21. The first-order valence-electron chi connectivity index (χ1n) is 4.80. The number of fused-ring (bicyclic) bond motifs is 1. The van der Waals surface area contributed by atoms with Gasteiger partial charge in [0, 0.05) is 15.7 Å². The van der Waals surface area contributed by atoms with E-state index < -0.39 is 14.4 Å². The minimum atomic E-state index is -5.26. The number of rotatable bonds is 2. The van der Waals surface area contributed by atoms with Gasteiger partial charge in [0.05, 0.1) is 0 Å². The van der Waals surface area contributed by atoms with Crippen LogP contribution < -0.4 is 0 Å². The summed E-state index contributed by atoms with van der Waals surface area (Å²) < 4.78 is 59.1. The Morgan fingerprint density at radius 1 is 0.944 bits per heavy atom. The Kier molecular flexibility index (Phi) is 3.29. The van der Waals surface area contributed by atoms with E-state index >= 15 is 0 Å². The third-order valence-electron chi connectivity index (χ3n) is 2.23. The van der Waals surface area contributed by atoms with Crippen LogP contribution in [0.1, 0.15) is 0 Å². The van der Waals surface area contributed by atoms with Crippen molar-refractivity contribution in [3.8, 4) is 0 Å². The first-order valence-corrected chi connectivity index (χ1v) is 7.61. The van der Waals surface area contributed by atoms with Crippen LogP contribution in [0.5, 0.6) is 0 Å². The molecule has 0 unspecified atom stereocenters. The molecule has 7 heteroatoms. The largest absolute Gasteiger partial charge is 0.507 e. The lowest BCUT2D eigenvalue weighted by atomic mass is 10.1. The van der Waals surface area contributed by atoms with Crippen molar-refractivity contribution in [3.63, 3.8) is 0 Å². The molecule has 2 nitrogen and oxygen atoms in total. The van der Waals surface area contributed by atoms with Gasteiger partial charge in [-0.25, -0.2) is 8.42 Å². The SMILES string of the molecule is O=S(=O)(Sc1cccc2ccccc12)C(F)(F)F. The first kappa shape index (κ1) is 13.2. The molecule has 0 aromatic heterocycles. The molecule has 2 aromatic carbocycles. The van der Waals surface area contributed by atoms with Crippen LogP contribution in [0.3, 0.4) is 0 Å². The predicted molar refractivity (Wildman–Crippen MR) is 64.8 cm³/mol. The Morgan fingerprint density at radius 2 is 1.56 bits per heavy atom. The lowest BCUT2D eigenvalue weighted by molar-refractivity contribution is -0.0410. The van der Waals surface area contributed by atoms with E-state index in [-0.39, 0.29) is 15.7 Å². The number of hydrogen-bond acceptors (Lipinski definition) is 3. The Balaban J connectivity index is 2.51. The summed E-state index contributed by atoms with van der Waals surface area (Å²) in [7, 11) is -5.40. The van der Waals surface area contributed by atoms with Crippen molar-refractivity contribution in [2.24, 2.45) is 0 Å². The van der Waals surface area contributed by atoms with Gasteiger partial charge in [-0.1, -0.05) is 36.4 Å². The minimum Gasteiger partial charge on any atom is -0.208 e. The fourth-order valence-electron chi connectivity index (χ4n) is 1.43. The zero-order valence-electron chi connectivity index (χ0n) is 8.81. The van der Waals surface area contributed by atoms with Gasteiger partial charge in [-0.2, -0.15) is 13.2 Å². The van der Waals surface area contributed by atoms with Gasteiger partial charge in [-0.3, -0.25) is 0 Å². The number of benzene rings is 2. The Bertz CT molecular complexity index is 673. The van der Waals surface area contributed by atoms with Gasteiger partial charge in [-0.15, -0.1) is 0 Å². The van der Waals surface area contributed by atoms with Crippen molar-refractivity contribution < 1.29 is 21.6 Å². The maximum Gasteiger partial charge on any atom is 0.507 e. The standard InChI is InChI=1S/C11H7F3O2S2/c12-11(13,14)18(15,16)17-10-7-3-5-8-4-1-2-6-9(8)10/h1-7H. The van der Waals surface area contributed by atoms with Gasteiger partial charge >= 0.3 is 14.4 Å². The predicted octanol–water partition coefficient (Wildman–Crippen LogP) is 3.78. The molecular weight excluding hydrogens is 285 g/mol. The van der Waals surface area contributed by atoms with Crippen molar-refractivity contribution in [1.82, 2.24) is 0 Å². The Labute approximate surface area is 105 Å². The summed E-state index contributed by atoms with van der Waals surface area (Å²) in [4.78, 5) is 0.0745. The highest BCUT2D eigenvalue weighted by Gasteiger charge is 2.46. The van der Waals surface area contributed by atoms with E-state index in [0.29, 0.717) is 10.8 Å². The van der Waals surface area contributed by atoms with Crippen molar-refractivity contribution in [2.75, 3.05) is 0 Å². The third-order valence-corrected chi connectivity index (χ3v) is 5.32. The number of halogens is 3. The van der Waals surface area contributed by atoms with E-state index in [1.807, 2.05) is 0 Å². The molecule has 0 radical (unpaired) electrons. The van der Waals surface area contributed by atoms with Crippen molar-refractivity contribution in [2.45, 2.75) is 10.4 Å². The van der Waals surface area contributed by atoms with Gasteiger partial charge < -0.3 is 0 Å². The second-order valence-electron chi connectivity index (χ2n) is 3.46. The quantitative estimate of drug-likeness (QED) is 0.790. The summed E-state index contributed by atoms with van der Waals surface area (Å²) in [6.45, 7) is 0. The fourth-order valence-corrected chi connectivity index (χ4v) is 3.60. The van der Waals surface area contributed by atoms with Crippen LogP contribution in [0.2, 0.25) is 0 Å². The summed E-state index contributed by atoms with van der Waals surface area (Å²) in [5, 5.41) is 1.18. The lowest BCUT2D eigenvalue weighted by Crippen LogP contribution is -2.19.